The second kappa shape index (κ2) is 9.46. The van der Waals surface area contributed by atoms with Gasteiger partial charge in [-0.2, -0.15) is 21.6 Å². The molecule has 0 fully saturated rings. The number of halogens is 3. The summed E-state index contributed by atoms with van der Waals surface area (Å²) in [5.41, 5.74) is -6.20. The number of ether oxygens (including phenoxy) is 2. The van der Waals surface area contributed by atoms with Gasteiger partial charge >= 0.3 is 21.6 Å². The summed E-state index contributed by atoms with van der Waals surface area (Å²) in [6.07, 6.45) is 4.01. The number of fused-ring (bicyclic) bond motifs is 1. The monoisotopic (exact) mass is 521 g/mol. The highest BCUT2D eigenvalue weighted by molar-refractivity contribution is 7.88. The molecule has 188 valence electrons. The van der Waals surface area contributed by atoms with Gasteiger partial charge in [0.2, 0.25) is 0 Å². The number of aryl methyl sites for hydroxylation is 1. The van der Waals surface area contributed by atoms with Crippen LogP contribution in [0.4, 0.5) is 13.2 Å². The van der Waals surface area contributed by atoms with Crippen LogP contribution in [0.1, 0.15) is 68.7 Å². The molecule has 0 bridgehead atoms. The van der Waals surface area contributed by atoms with Crippen LogP contribution in [-0.4, -0.2) is 37.1 Å². The first kappa shape index (κ1) is 26.4. The molecule has 2 aromatic rings. The zero-order valence-electron chi connectivity index (χ0n) is 19.4. The third kappa shape index (κ3) is 5.55. The molecular formula is C22H26F3NO6S2. The minimum atomic E-state index is -6.05. The molecule has 0 amide bonds. The summed E-state index contributed by atoms with van der Waals surface area (Å²) in [7, 11) is -6.05. The number of hydrogen-bond donors (Lipinski definition) is 0. The topological polar surface area (TPSA) is 91.8 Å². The smallest absolute Gasteiger partial charge is 0.464 e. The lowest BCUT2D eigenvalue weighted by molar-refractivity contribution is -0.167. The summed E-state index contributed by atoms with van der Waals surface area (Å²) in [5, 5.41) is 0.610. The molecule has 1 heterocycles. The van der Waals surface area contributed by atoms with Gasteiger partial charge in [-0.15, -0.1) is 11.3 Å². The number of aromatic nitrogens is 1. The van der Waals surface area contributed by atoms with Crippen LogP contribution in [0.25, 0.3) is 10.2 Å². The Labute approximate surface area is 200 Å². The number of carbonyl (C=O) groups is 1. The van der Waals surface area contributed by atoms with E-state index in [4.69, 9.17) is 13.7 Å². The van der Waals surface area contributed by atoms with Crippen LogP contribution >= 0.6 is 11.3 Å². The normalized spacial score (nSPS) is 17.8. The minimum Gasteiger partial charge on any atom is -0.464 e. The molecule has 1 aromatic heterocycles. The van der Waals surface area contributed by atoms with Gasteiger partial charge in [0.1, 0.15) is 5.01 Å². The zero-order chi connectivity index (χ0) is 25.5. The Balaban J connectivity index is 2.30. The highest BCUT2D eigenvalue weighted by Gasteiger charge is 2.50. The quantitative estimate of drug-likeness (QED) is 0.200. The number of hydrogen-bond acceptors (Lipinski definition) is 8. The van der Waals surface area contributed by atoms with Crippen molar-refractivity contribution in [1.82, 2.24) is 4.98 Å². The number of allylic oxidation sites excluding steroid dienone is 2. The number of carbonyl (C=O) groups excluding carboxylic acids is 1. The average Bonchev–Trinajstić information content (AvgIpc) is 3.34. The van der Waals surface area contributed by atoms with E-state index in [0.29, 0.717) is 5.01 Å². The van der Waals surface area contributed by atoms with E-state index in [9.17, 15) is 26.4 Å². The van der Waals surface area contributed by atoms with E-state index in [1.807, 2.05) is 12.2 Å². The van der Waals surface area contributed by atoms with Crippen LogP contribution in [0, 0.1) is 6.92 Å². The van der Waals surface area contributed by atoms with Crippen molar-refractivity contribution in [2.75, 3.05) is 6.61 Å². The number of esters is 1. The predicted octanol–water partition coefficient (Wildman–Crippen LogP) is 5.69. The van der Waals surface area contributed by atoms with Gasteiger partial charge in [-0.3, -0.25) is 0 Å². The minimum absolute atomic E-state index is 0.0140. The first-order valence-corrected chi connectivity index (χ1v) is 12.8. The maximum Gasteiger partial charge on any atom is 0.534 e. The van der Waals surface area contributed by atoms with Crippen molar-refractivity contribution >= 4 is 37.6 Å². The molecule has 0 saturated heterocycles. The van der Waals surface area contributed by atoms with Crippen LogP contribution in [0.5, 0.6) is 5.75 Å². The summed E-state index contributed by atoms with van der Waals surface area (Å²) in [4.78, 5) is 17.4. The SMILES string of the molecule is CCOC(=O)[C@@H](OC(C)(C)C)c1c(C)cc2nc([C@@H]3C=CCC3)sc2c1OS(=O)(=O)C(F)(F)F. The summed E-state index contributed by atoms with van der Waals surface area (Å²) in [5.74, 6) is -1.54. The predicted molar refractivity (Wildman–Crippen MR) is 121 cm³/mol. The van der Waals surface area contributed by atoms with Crippen LogP contribution in [-0.2, 0) is 24.4 Å². The second-order valence-corrected chi connectivity index (χ2v) is 11.4. The highest BCUT2D eigenvalue weighted by Crippen LogP contribution is 2.46. The number of alkyl halides is 3. The van der Waals surface area contributed by atoms with Crippen molar-refractivity contribution in [2.24, 2.45) is 0 Å². The second-order valence-electron chi connectivity index (χ2n) is 8.79. The van der Waals surface area contributed by atoms with E-state index in [1.54, 1.807) is 33.8 Å². The summed E-state index contributed by atoms with van der Waals surface area (Å²) in [6.45, 7) is 8.03. The number of benzene rings is 1. The molecule has 1 aliphatic rings. The van der Waals surface area contributed by atoms with Gasteiger partial charge in [0, 0.05) is 11.5 Å². The van der Waals surface area contributed by atoms with E-state index in [2.05, 4.69) is 4.98 Å². The van der Waals surface area contributed by atoms with Crippen LogP contribution in [0.15, 0.2) is 18.2 Å². The number of thiazole rings is 1. The van der Waals surface area contributed by atoms with Gasteiger partial charge in [-0.1, -0.05) is 12.2 Å². The maximum absolute atomic E-state index is 13.3. The largest absolute Gasteiger partial charge is 0.534 e. The molecule has 7 nitrogen and oxygen atoms in total. The molecule has 0 saturated carbocycles. The third-order valence-corrected chi connectivity index (χ3v) is 7.09. The molecule has 12 heteroatoms. The number of rotatable bonds is 7. The Morgan fingerprint density at radius 1 is 1.29 bits per heavy atom. The standard InChI is InChI=1S/C22H26F3NO6S2/c1-6-30-20(27)17(31-21(3,4)5)15-12(2)11-14-18(16(15)32-34(28,29)22(23,24)25)33-19(26-14)13-9-7-8-10-13/h7,9,11,13,17H,6,8,10H2,1-5H3/t13-,17+/m1/s1. The zero-order valence-corrected chi connectivity index (χ0v) is 21.0. The molecule has 2 atom stereocenters. The molecule has 0 unspecified atom stereocenters. The molecule has 34 heavy (non-hydrogen) atoms. The van der Waals surface area contributed by atoms with E-state index in [-0.39, 0.29) is 33.9 Å². The first-order valence-electron chi connectivity index (χ1n) is 10.6. The first-order chi connectivity index (χ1) is 15.6. The van der Waals surface area contributed by atoms with E-state index in [0.717, 1.165) is 24.2 Å². The lowest BCUT2D eigenvalue weighted by Gasteiger charge is -2.28. The molecular weight excluding hydrogens is 495 g/mol. The highest BCUT2D eigenvalue weighted by atomic mass is 32.2. The fourth-order valence-corrected chi connectivity index (χ4v) is 5.25. The average molecular weight is 522 g/mol. The summed E-state index contributed by atoms with van der Waals surface area (Å²) >= 11 is 1.03. The Hall–Kier alpha value is -2.18. The lowest BCUT2D eigenvalue weighted by Crippen LogP contribution is -2.31. The van der Waals surface area contributed by atoms with Gasteiger partial charge in [-0.25, -0.2) is 9.78 Å². The van der Waals surface area contributed by atoms with E-state index >= 15 is 0 Å². The Morgan fingerprint density at radius 2 is 1.97 bits per heavy atom. The van der Waals surface area contributed by atoms with Crippen LogP contribution in [0.2, 0.25) is 0 Å². The molecule has 1 aromatic carbocycles. The van der Waals surface area contributed by atoms with Gasteiger partial charge < -0.3 is 13.7 Å². The number of nitrogens with zero attached hydrogens (tertiary/aromatic N) is 1. The Morgan fingerprint density at radius 3 is 2.50 bits per heavy atom. The molecule has 0 spiro atoms. The molecule has 0 aliphatic heterocycles. The fraction of sp³-hybridized carbons (Fsp3) is 0.545. The van der Waals surface area contributed by atoms with Crippen LogP contribution < -0.4 is 4.18 Å². The van der Waals surface area contributed by atoms with Gasteiger partial charge in [-0.05, 0) is 59.1 Å². The van der Waals surface area contributed by atoms with Crippen LogP contribution in [0.3, 0.4) is 0 Å². The van der Waals surface area contributed by atoms with Crippen molar-refractivity contribution in [2.45, 2.75) is 70.6 Å². The van der Waals surface area contributed by atoms with Gasteiger partial charge in [0.15, 0.2) is 11.9 Å². The molecule has 3 rings (SSSR count). The van der Waals surface area contributed by atoms with Gasteiger partial charge in [0.25, 0.3) is 0 Å². The van der Waals surface area contributed by atoms with Crippen molar-refractivity contribution in [3.63, 3.8) is 0 Å². The Bertz CT molecular complexity index is 1210. The lowest BCUT2D eigenvalue weighted by atomic mass is 10.00. The van der Waals surface area contributed by atoms with Gasteiger partial charge in [0.05, 0.1) is 22.4 Å². The molecule has 0 radical (unpaired) electrons. The summed E-state index contributed by atoms with van der Waals surface area (Å²) < 4.78 is 79.8. The van der Waals surface area contributed by atoms with E-state index in [1.165, 1.54) is 6.92 Å². The van der Waals surface area contributed by atoms with Crippen molar-refractivity contribution in [3.8, 4) is 5.75 Å². The molecule has 0 N–H and O–H groups in total. The van der Waals surface area contributed by atoms with E-state index < -0.39 is 39.1 Å². The Kier molecular flexibility index (Phi) is 7.35. The van der Waals surface area contributed by atoms with Crippen molar-refractivity contribution in [3.05, 3.63) is 34.4 Å². The fourth-order valence-electron chi connectivity index (χ4n) is 3.55. The van der Waals surface area contributed by atoms with Crippen molar-refractivity contribution < 1.29 is 40.0 Å². The third-order valence-electron chi connectivity index (χ3n) is 4.94. The van der Waals surface area contributed by atoms with Crippen molar-refractivity contribution in [1.29, 1.82) is 0 Å². The maximum atomic E-state index is 13.3. The summed E-state index contributed by atoms with van der Waals surface area (Å²) in [6, 6.07) is 1.58. The molecule has 1 aliphatic carbocycles.